The second kappa shape index (κ2) is 11.0. The SMILES string of the molecule is COc1ccccc1OCC(O)CNC(C)(C)CC(=O)N1CCC(O[N+](=O)[O-])CC1. The Bertz CT molecular complexity index is 705. The maximum absolute atomic E-state index is 12.6. The van der Waals surface area contributed by atoms with Crippen LogP contribution in [0.3, 0.4) is 0 Å². The van der Waals surface area contributed by atoms with Gasteiger partial charge < -0.3 is 29.6 Å². The van der Waals surface area contributed by atoms with Crippen LogP contribution in [0.1, 0.15) is 33.1 Å². The Balaban J connectivity index is 1.72. The quantitative estimate of drug-likeness (QED) is 0.403. The molecule has 0 spiro atoms. The van der Waals surface area contributed by atoms with Crippen LogP contribution in [-0.4, -0.2) is 72.1 Å². The third kappa shape index (κ3) is 7.68. The van der Waals surface area contributed by atoms with Crippen LogP contribution in [0, 0.1) is 10.1 Å². The molecule has 168 valence electrons. The minimum Gasteiger partial charge on any atom is -0.493 e. The third-order valence-electron chi connectivity index (χ3n) is 4.94. The summed E-state index contributed by atoms with van der Waals surface area (Å²) in [6.45, 7) is 4.99. The largest absolute Gasteiger partial charge is 0.493 e. The molecule has 1 atom stereocenters. The molecule has 2 N–H and O–H groups in total. The van der Waals surface area contributed by atoms with Gasteiger partial charge in [0.2, 0.25) is 5.91 Å². The molecule has 1 saturated heterocycles. The van der Waals surface area contributed by atoms with Crippen molar-refractivity contribution in [1.82, 2.24) is 10.2 Å². The Labute approximate surface area is 176 Å². The molecular weight excluding hydrogens is 394 g/mol. The minimum absolute atomic E-state index is 0.0354. The molecule has 0 bridgehead atoms. The fraction of sp³-hybridized carbons (Fsp3) is 0.650. The topological polar surface area (TPSA) is 123 Å². The van der Waals surface area contributed by atoms with Gasteiger partial charge in [-0.15, -0.1) is 10.1 Å². The van der Waals surface area contributed by atoms with Gasteiger partial charge in [-0.3, -0.25) is 4.79 Å². The lowest BCUT2D eigenvalue weighted by Gasteiger charge is -2.34. The van der Waals surface area contributed by atoms with Crippen molar-refractivity contribution in [3.8, 4) is 11.5 Å². The molecule has 0 radical (unpaired) electrons. The molecule has 2 rings (SSSR count). The van der Waals surface area contributed by atoms with Gasteiger partial charge in [-0.25, -0.2) is 0 Å². The van der Waals surface area contributed by atoms with Crippen molar-refractivity contribution in [3.63, 3.8) is 0 Å². The number of hydrogen-bond donors (Lipinski definition) is 2. The number of likely N-dealkylation sites (tertiary alicyclic amines) is 1. The van der Waals surface area contributed by atoms with Gasteiger partial charge in [0, 0.05) is 31.6 Å². The first-order valence-electron chi connectivity index (χ1n) is 9.98. The van der Waals surface area contributed by atoms with Crippen molar-refractivity contribution in [2.75, 3.05) is 33.4 Å². The first-order chi connectivity index (χ1) is 14.2. The number of ether oxygens (including phenoxy) is 2. The van der Waals surface area contributed by atoms with Gasteiger partial charge in [0.05, 0.1) is 7.11 Å². The van der Waals surface area contributed by atoms with E-state index >= 15 is 0 Å². The van der Waals surface area contributed by atoms with Crippen molar-refractivity contribution in [1.29, 1.82) is 0 Å². The number of rotatable bonds is 11. The average Bonchev–Trinajstić information content (AvgIpc) is 2.70. The Hall–Kier alpha value is -2.59. The number of aliphatic hydroxyl groups is 1. The molecule has 1 fully saturated rings. The number of benzene rings is 1. The van der Waals surface area contributed by atoms with E-state index in [0.29, 0.717) is 37.4 Å². The summed E-state index contributed by atoms with van der Waals surface area (Å²) in [6, 6.07) is 7.20. The predicted octanol–water partition coefficient (Wildman–Crippen LogP) is 1.39. The van der Waals surface area contributed by atoms with Crippen LogP contribution in [0.4, 0.5) is 0 Å². The van der Waals surface area contributed by atoms with Crippen molar-refractivity contribution in [2.45, 2.75) is 50.9 Å². The highest BCUT2D eigenvalue weighted by Crippen LogP contribution is 2.25. The number of amides is 1. The van der Waals surface area contributed by atoms with E-state index in [-0.39, 0.29) is 25.5 Å². The summed E-state index contributed by atoms with van der Waals surface area (Å²) in [4.78, 5) is 29.3. The zero-order chi connectivity index (χ0) is 22.1. The van der Waals surface area contributed by atoms with Crippen molar-refractivity contribution in [2.24, 2.45) is 0 Å². The minimum atomic E-state index is -0.780. The number of nitrogens with zero attached hydrogens (tertiary/aromatic N) is 2. The number of piperidine rings is 1. The fourth-order valence-electron chi connectivity index (χ4n) is 3.26. The van der Waals surface area contributed by atoms with Gasteiger partial charge in [0.15, 0.2) is 11.5 Å². The predicted molar refractivity (Wildman–Crippen MR) is 109 cm³/mol. The van der Waals surface area contributed by atoms with E-state index < -0.39 is 22.8 Å². The molecular formula is C20H31N3O7. The molecule has 10 heteroatoms. The van der Waals surface area contributed by atoms with Crippen LogP contribution in [0.2, 0.25) is 0 Å². The van der Waals surface area contributed by atoms with E-state index in [1.807, 2.05) is 26.0 Å². The van der Waals surface area contributed by atoms with E-state index in [1.165, 1.54) is 0 Å². The van der Waals surface area contributed by atoms with Crippen LogP contribution in [-0.2, 0) is 9.63 Å². The molecule has 1 amide bonds. The third-order valence-corrected chi connectivity index (χ3v) is 4.94. The summed E-state index contributed by atoms with van der Waals surface area (Å²) in [5.41, 5.74) is -0.531. The molecule has 30 heavy (non-hydrogen) atoms. The Morgan fingerprint density at radius 3 is 2.57 bits per heavy atom. The fourth-order valence-corrected chi connectivity index (χ4v) is 3.26. The van der Waals surface area contributed by atoms with Gasteiger partial charge in [0.25, 0.3) is 5.09 Å². The summed E-state index contributed by atoms with van der Waals surface area (Å²) < 4.78 is 10.8. The van der Waals surface area contributed by atoms with Crippen LogP contribution >= 0.6 is 0 Å². The second-order valence-corrected chi connectivity index (χ2v) is 7.97. The number of methoxy groups -OCH3 is 1. The zero-order valence-electron chi connectivity index (χ0n) is 17.7. The smallest absolute Gasteiger partial charge is 0.294 e. The van der Waals surface area contributed by atoms with E-state index in [2.05, 4.69) is 10.2 Å². The number of para-hydroxylation sites is 2. The van der Waals surface area contributed by atoms with Crippen LogP contribution in [0.15, 0.2) is 24.3 Å². The number of hydrogen-bond acceptors (Lipinski definition) is 8. The Kier molecular flexibility index (Phi) is 8.67. The maximum Gasteiger partial charge on any atom is 0.294 e. The number of carbonyl (C=O) groups is 1. The molecule has 0 aromatic heterocycles. The maximum atomic E-state index is 12.6. The monoisotopic (exact) mass is 425 g/mol. The summed E-state index contributed by atoms with van der Waals surface area (Å²) in [7, 11) is 1.55. The van der Waals surface area contributed by atoms with Gasteiger partial charge >= 0.3 is 0 Å². The zero-order valence-corrected chi connectivity index (χ0v) is 17.7. The van der Waals surface area contributed by atoms with Crippen LogP contribution in [0.5, 0.6) is 11.5 Å². The number of carbonyl (C=O) groups excluding carboxylic acids is 1. The molecule has 1 unspecified atom stereocenters. The van der Waals surface area contributed by atoms with E-state index in [1.54, 1.807) is 24.1 Å². The lowest BCUT2D eigenvalue weighted by Crippen LogP contribution is -2.49. The van der Waals surface area contributed by atoms with Crippen molar-refractivity contribution < 1.29 is 29.3 Å². The molecule has 1 aromatic rings. The molecule has 1 heterocycles. The number of β-amino-alcohol motifs (C(OH)–C–C–N with tert-alkyl or cyclic N) is 1. The summed E-state index contributed by atoms with van der Waals surface area (Å²) in [6.07, 6.45) is -0.0830. The lowest BCUT2D eigenvalue weighted by molar-refractivity contribution is -0.769. The van der Waals surface area contributed by atoms with E-state index in [0.717, 1.165) is 0 Å². The van der Waals surface area contributed by atoms with E-state index in [9.17, 15) is 20.0 Å². The van der Waals surface area contributed by atoms with Gasteiger partial charge in [-0.05, 0) is 38.8 Å². The van der Waals surface area contributed by atoms with Gasteiger partial charge in [0.1, 0.15) is 18.8 Å². The lowest BCUT2D eigenvalue weighted by atomic mass is 9.98. The standard InChI is InChI=1S/C20H31N3O7/c1-20(2,12-19(25)22-10-8-16(9-11-22)30-23(26)27)21-13-15(24)14-29-18-7-5-4-6-17(18)28-3/h4-7,15-16,21,24H,8-14H2,1-3H3. The van der Waals surface area contributed by atoms with Gasteiger partial charge in [-0.1, -0.05) is 12.1 Å². The van der Waals surface area contributed by atoms with Crippen LogP contribution < -0.4 is 14.8 Å². The Morgan fingerprint density at radius 2 is 1.97 bits per heavy atom. The first kappa shape index (κ1) is 23.7. The molecule has 0 saturated carbocycles. The van der Waals surface area contributed by atoms with E-state index in [4.69, 9.17) is 9.47 Å². The Morgan fingerprint density at radius 1 is 1.33 bits per heavy atom. The summed E-state index contributed by atoms with van der Waals surface area (Å²) in [5, 5.41) is 23.1. The highest BCUT2D eigenvalue weighted by atomic mass is 17.0. The highest BCUT2D eigenvalue weighted by molar-refractivity contribution is 5.77. The number of aliphatic hydroxyl groups excluding tert-OH is 1. The molecule has 1 aliphatic rings. The molecule has 10 nitrogen and oxygen atoms in total. The number of nitrogens with one attached hydrogen (secondary N) is 1. The normalized spacial score (nSPS) is 16.1. The summed E-state index contributed by atoms with van der Waals surface area (Å²) >= 11 is 0. The molecule has 1 aromatic carbocycles. The first-order valence-corrected chi connectivity index (χ1v) is 9.98. The average molecular weight is 425 g/mol. The van der Waals surface area contributed by atoms with Crippen molar-refractivity contribution in [3.05, 3.63) is 34.4 Å². The summed E-state index contributed by atoms with van der Waals surface area (Å²) in [5.74, 6) is 1.11. The van der Waals surface area contributed by atoms with Gasteiger partial charge in [-0.2, -0.15) is 0 Å². The highest BCUT2D eigenvalue weighted by Gasteiger charge is 2.29. The van der Waals surface area contributed by atoms with Crippen LogP contribution in [0.25, 0.3) is 0 Å². The van der Waals surface area contributed by atoms with Crippen molar-refractivity contribution >= 4 is 5.91 Å². The second-order valence-electron chi connectivity index (χ2n) is 7.97. The molecule has 1 aliphatic heterocycles. The molecule has 0 aliphatic carbocycles.